The SMILES string of the molecule is CC[C@@H]1CCCCN1C(=O)COC(=O)/C=C/c1cc(OC)ccc1OC. The van der Waals surface area contributed by atoms with Crippen LogP contribution in [-0.4, -0.2) is 50.2 Å². The molecule has 0 spiro atoms. The molecule has 1 fully saturated rings. The van der Waals surface area contributed by atoms with Crippen LogP contribution in [0.25, 0.3) is 6.08 Å². The molecule has 6 nitrogen and oxygen atoms in total. The van der Waals surface area contributed by atoms with Gasteiger partial charge in [0.15, 0.2) is 6.61 Å². The van der Waals surface area contributed by atoms with E-state index in [2.05, 4.69) is 6.92 Å². The lowest BCUT2D eigenvalue weighted by molar-refractivity contribution is -0.150. The Morgan fingerprint density at radius 2 is 2.04 bits per heavy atom. The maximum atomic E-state index is 12.3. The maximum absolute atomic E-state index is 12.3. The van der Waals surface area contributed by atoms with Gasteiger partial charge < -0.3 is 19.1 Å². The van der Waals surface area contributed by atoms with Crippen molar-refractivity contribution in [2.24, 2.45) is 0 Å². The zero-order valence-corrected chi connectivity index (χ0v) is 15.7. The first-order chi connectivity index (χ1) is 12.6. The fourth-order valence-electron chi connectivity index (χ4n) is 3.14. The summed E-state index contributed by atoms with van der Waals surface area (Å²) in [6.45, 7) is 2.59. The van der Waals surface area contributed by atoms with E-state index in [0.717, 1.165) is 32.2 Å². The number of likely N-dealkylation sites (tertiary alicyclic amines) is 1. The Morgan fingerprint density at radius 1 is 1.23 bits per heavy atom. The Labute approximate surface area is 154 Å². The maximum Gasteiger partial charge on any atom is 0.331 e. The second-order valence-electron chi connectivity index (χ2n) is 6.19. The average molecular weight is 361 g/mol. The number of carbonyl (C=O) groups excluding carboxylic acids is 2. The minimum absolute atomic E-state index is 0.128. The third-order valence-electron chi connectivity index (χ3n) is 4.59. The fraction of sp³-hybridized carbons (Fsp3) is 0.500. The molecule has 1 atom stereocenters. The molecular weight excluding hydrogens is 334 g/mol. The summed E-state index contributed by atoms with van der Waals surface area (Å²) in [5, 5.41) is 0. The van der Waals surface area contributed by atoms with Gasteiger partial charge in [-0.05, 0) is 50.0 Å². The molecule has 0 radical (unpaired) electrons. The molecule has 0 saturated carbocycles. The average Bonchev–Trinajstić information content (AvgIpc) is 2.69. The molecule has 1 aliphatic rings. The molecule has 0 N–H and O–H groups in total. The number of piperidine rings is 1. The van der Waals surface area contributed by atoms with Crippen LogP contribution < -0.4 is 9.47 Å². The lowest BCUT2D eigenvalue weighted by atomic mass is 10.00. The molecule has 26 heavy (non-hydrogen) atoms. The summed E-state index contributed by atoms with van der Waals surface area (Å²) >= 11 is 0. The van der Waals surface area contributed by atoms with E-state index in [1.165, 1.54) is 6.08 Å². The van der Waals surface area contributed by atoms with Gasteiger partial charge in [-0.1, -0.05) is 6.92 Å². The summed E-state index contributed by atoms with van der Waals surface area (Å²) in [6.07, 6.45) is 6.97. The van der Waals surface area contributed by atoms with Gasteiger partial charge in [-0.15, -0.1) is 0 Å². The van der Waals surface area contributed by atoms with Crippen LogP contribution in [0.5, 0.6) is 11.5 Å². The van der Waals surface area contributed by atoms with Crippen LogP contribution in [0.3, 0.4) is 0 Å². The fourth-order valence-corrected chi connectivity index (χ4v) is 3.14. The van der Waals surface area contributed by atoms with Crippen molar-refractivity contribution in [2.45, 2.75) is 38.6 Å². The van der Waals surface area contributed by atoms with Crippen LogP contribution in [0.4, 0.5) is 0 Å². The van der Waals surface area contributed by atoms with E-state index < -0.39 is 5.97 Å². The highest BCUT2D eigenvalue weighted by Gasteiger charge is 2.25. The van der Waals surface area contributed by atoms with Crippen LogP contribution in [-0.2, 0) is 14.3 Å². The van der Waals surface area contributed by atoms with Gasteiger partial charge in [0.05, 0.1) is 14.2 Å². The molecular formula is C20H27NO5. The Balaban J connectivity index is 1.92. The highest BCUT2D eigenvalue weighted by Crippen LogP contribution is 2.25. The molecule has 1 saturated heterocycles. The first-order valence-corrected chi connectivity index (χ1v) is 8.95. The van der Waals surface area contributed by atoms with Crippen LogP contribution in [0.1, 0.15) is 38.2 Å². The number of hydrogen-bond donors (Lipinski definition) is 0. The van der Waals surface area contributed by atoms with Crippen molar-refractivity contribution in [2.75, 3.05) is 27.4 Å². The first-order valence-electron chi connectivity index (χ1n) is 8.95. The third kappa shape index (κ3) is 5.25. The standard InChI is InChI=1S/C20H27NO5/c1-4-16-7-5-6-12-21(16)19(22)14-26-20(23)11-8-15-13-17(24-2)9-10-18(15)25-3/h8-11,13,16H,4-7,12,14H2,1-3H3/b11-8+/t16-/m1/s1. The van der Waals surface area contributed by atoms with Crippen molar-refractivity contribution >= 4 is 18.0 Å². The van der Waals surface area contributed by atoms with Gasteiger partial charge in [0.25, 0.3) is 5.91 Å². The van der Waals surface area contributed by atoms with E-state index >= 15 is 0 Å². The third-order valence-corrected chi connectivity index (χ3v) is 4.59. The zero-order chi connectivity index (χ0) is 18.9. The highest BCUT2D eigenvalue weighted by molar-refractivity contribution is 5.89. The van der Waals surface area contributed by atoms with Gasteiger partial charge in [0.2, 0.25) is 0 Å². The van der Waals surface area contributed by atoms with E-state index in [1.54, 1.807) is 38.5 Å². The van der Waals surface area contributed by atoms with Crippen molar-refractivity contribution in [1.82, 2.24) is 4.90 Å². The van der Waals surface area contributed by atoms with Crippen molar-refractivity contribution in [1.29, 1.82) is 0 Å². The summed E-state index contributed by atoms with van der Waals surface area (Å²) in [6, 6.07) is 5.55. The van der Waals surface area contributed by atoms with Gasteiger partial charge in [0, 0.05) is 24.2 Å². The minimum Gasteiger partial charge on any atom is -0.497 e. The number of ether oxygens (including phenoxy) is 3. The van der Waals surface area contributed by atoms with Crippen LogP contribution in [0.2, 0.25) is 0 Å². The number of hydrogen-bond acceptors (Lipinski definition) is 5. The number of nitrogens with zero attached hydrogens (tertiary/aromatic N) is 1. The lowest BCUT2D eigenvalue weighted by Gasteiger charge is -2.35. The molecule has 2 rings (SSSR count). The smallest absolute Gasteiger partial charge is 0.331 e. The van der Waals surface area contributed by atoms with Crippen molar-refractivity contribution < 1.29 is 23.8 Å². The normalized spacial score (nSPS) is 17.2. The van der Waals surface area contributed by atoms with E-state index in [0.29, 0.717) is 17.1 Å². The quantitative estimate of drug-likeness (QED) is 0.552. The molecule has 0 aliphatic carbocycles. The summed E-state index contributed by atoms with van der Waals surface area (Å²) in [4.78, 5) is 26.1. The van der Waals surface area contributed by atoms with Crippen molar-refractivity contribution in [3.05, 3.63) is 29.8 Å². The predicted octanol–water partition coefficient (Wildman–Crippen LogP) is 3.05. The molecule has 1 heterocycles. The Morgan fingerprint density at radius 3 is 2.73 bits per heavy atom. The van der Waals surface area contributed by atoms with Gasteiger partial charge in [-0.25, -0.2) is 4.79 Å². The second-order valence-corrected chi connectivity index (χ2v) is 6.19. The lowest BCUT2D eigenvalue weighted by Crippen LogP contribution is -2.45. The molecule has 1 amide bonds. The minimum atomic E-state index is -0.562. The number of methoxy groups -OCH3 is 2. The predicted molar refractivity (Wildman–Crippen MR) is 99.2 cm³/mol. The molecule has 142 valence electrons. The molecule has 1 aliphatic heterocycles. The number of benzene rings is 1. The highest BCUT2D eigenvalue weighted by atomic mass is 16.5. The number of esters is 1. The molecule has 6 heteroatoms. The van der Waals surface area contributed by atoms with E-state index in [4.69, 9.17) is 14.2 Å². The van der Waals surface area contributed by atoms with Gasteiger partial charge >= 0.3 is 5.97 Å². The summed E-state index contributed by atoms with van der Waals surface area (Å²) in [5.74, 6) is 0.584. The first kappa shape index (κ1) is 19.8. The summed E-state index contributed by atoms with van der Waals surface area (Å²) in [5.41, 5.74) is 0.692. The van der Waals surface area contributed by atoms with Crippen molar-refractivity contribution in [3.63, 3.8) is 0 Å². The van der Waals surface area contributed by atoms with E-state index in [-0.39, 0.29) is 18.6 Å². The Kier molecular flexibility index (Phi) is 7.51. The van der Waals surface area contributed by atoms with Crippen LogP contribution in [0, 0.1) is 0 Å². The van der Waals surface area contributed by atoms with E-state index in [1.807, 2.05) is 4.90 Å². The largest absolute Gasteiger partial charge is 0.497 e. The Bertz CT molecular complexity index is 656. The number of carbonyl (C=O) groups is 2. The molecule has 0 bridgehead atoms. The van der Waals surface area contributed by atoms with Gasteiger partial charge in [0.1, 0.15) is 11.5 Å². The number of rotatable bonds is 7. The van der Waals surface area contributed by atoms with Gasteiger partial charge in [-0.3, -0.25) is 4.79 Å². The molecule has 0 unspecified atom stereocenters. The van der Waals surface area contributed by atoms with Gasteiger partial charge in [-0.2, -0.15) is 0 Å². The topological polar surface area (TPSA) is 65.1 Å². The van der Waals surface area contributed by atoms with Crippen LogP contribution >= 0.6 is 0 Å². The zero-order valence-electron chi connectivity index (χ0n) is 15.7. The number of amides is 1. The van der Waals surface area contributed by atoms with E-state index in [9.17, 15) is 9.59 Å². The Hall–Kier alpha value is -2.50. The summed E-state index contributed by atoms with van der Waals surface area (Å²) in [7, 11) is 3.12. The molecule has 0 aromatic heterocycles. The van der Waals surface area contributed by atoms with Crippen LogP contribution in [0.15, 0.2) is 24.3 Å². The van der Waals surface area contributed by atoms with Crippen molar-refractivity contribution in [3.8, 4) is 11.5 Å². The summed E-state index contributed by atoms with van der Waals surface area (Å²) < 4.78 is 15.5. The molecule has 1 aromatic rings. The monoisotopic (exact) mass is 361 g/mol. The molecule has 1 aromatic carbocycles. The second kappa shape index (κ2) is 9.85.